The first-order chi connectivity index (χ1) is 3.35. The van der Waals surface area contributed by atoms with E-state index in [1.165, 1.54) is 0 Å². The molecule has 0 aromatic carbocycles. The van der Waals surface area contributed by atoms with Gasteiger partial charge < -0.3 is 9.90 Å². The molecule has 0 aliphatic carbocycles. The van der Waals surface area contributed by atoms with Crippen LogP contribution in [0.3, 0.4) is 0 Å². The van der Waals surface area contributed by atoms with Gasteiger partial charge in [-0.25, -0.2) is 0 Å². The zero-order valence-electron chi connectivity index (χ0n) is 3.57. The van der Waals surface area contributed by atoms with E-state index in [0.29, 0.717) is 6.29 Å². The lowest BCUT2D eigenvalue weighted by molar-refractivity contribution is -0.109. The minimum absolute atomic E-state index is 0.299. The average molecular weight is 103 g/mol. The molecule has 0 aliphatic rings. The van der Waals surface area contributed by atoms with Crippen molar-refractivity contribution in [2.24, 2.45) is 5.18 Å². The van der Waals surface area contributed by atoms with Crippen LogP contribution in [0.5, 0.6) is 0 Å². The van der Waals surface area contributed by atoms with Crippen LogP contribution in [0.15, 0.2) is 5.18 Å². The highest BCUT2D eigenvalue weighted by Gasteiger charge is 2.00. The molecule has 0 unspecified atom stereocenters. The molecule has 0 saturated heterocycles. The van der Waals surface area contributed by atoms with Crippen molar-refractivity contribution in [3.63, 3.8) is 0 Å². The summed E-state index contributed by atoms with van der Waals surface area (Å²) in [4.78, 5) is 18.8. The molecule has 0 aromatic heterocycles. The van der Waals surface area contributed by atoms with Gasteiger partial charge in [0.25, 0.3) is 0 Å². The lowest BCUT2D eigenvalue weighted by Gasteiger charge is -1.87. The van der Waals surface area contributed by atoms with Crippen LogP contribution in [0, 0.1) is 4.91 Å². The summed E-state index contributed by atoms with van der Waals surface area (Å²) in [5, 5.41) is 10.3. The molecule has 0 spiro atoms. The quantitative estimate of drug-likeness (QED) is 0.380. The number of aliphatic hydroxyl groups excluding tert-OH is 1. The fourth-order valence-electron chi connectivity index (χ4n) is 0.101. The molecule has 0 bridgehead atoms. The van der Waals surface area contributed by atoms with E-state index in [2.05, 4.69) is 5.18 Å². The molecule has 0 heterocycles. The van der Waals surface area contributed by atoms with Crippen molar-refractivity contribution in [3.05, 3.63) is 4.91 Å². The lowest BCUT2D eigenvalue weighted by atomic mass is 10.4. The Bertz CT molecular complexity index is 64.6. The number of rotatable bonds is 3. The molecule has 0 fully saturated rings. The Hall–Kier alpha value is -0.770. The molecule has 0 aliphatic heterocycles. The lowest BCUT2D eigenvalue weighted by Crippen LogP contribution is -2.09. The third kappa shape index (κ3) is 1.99. The predicted octanol–water partition coefficient (Wildman–Crippen LogP) is -0.687. The maximum Gasteiger partial charge on any atom is 0.170 e. The zero-order valence-corrected chi connectivity index (χ0v) is 3.57. The smallest absolute Gasteiger partial charge is 0.170 e. The van der Waals surface area contributed by atoms with Gasteiger partial charge in [0.2, 0.25) is 0 Å². The second-order valence-corrected chi connectivity index (χ2v) is 0.991. The van der Waals surface area contributed by atoms with E-state index in [-0.39, 0.29) is 0 Å². The highest BCUT2D eigenvalue weighted by atomic mass is 16.3. The number of hydrogen-bond acceptors (Lipinski definition) is 4. The average Bonchev–Trinajstić information content (AvgIpc) is 1.72. The van der Waals surface area contributed by atoms with Gasteiger partial charge in [0.1, 0.15) is 0 Å². The van der Waals surface area contributed by atoms with E-state index >= 15 is 0 Å². The first-order valence-electron chi connectivity index (χ1n) is 1.73. The summed E-state index contributed by atoms with van der Waals surface area (Å²) in [6, 6.07) is -1.07. The summed E-state index contributed by atoms with van der Waals surface area (Å²) in [5.41, 5.74) is 0. The summed E-state index contributed by atoms with van der Waals surface area (Å²) in [6.45, 7) is -0.493. The van der Waals surface area contributed by atoms with Crippen molar-refractivity contribution in [1.82, 2.24) is 0 Å². The Balaban J connectivity index is 3.36. The second kappa shape index (κ2) is 3.42. The molecule has 4 heteroatoms. The van der Waals surface area contributed by atoms with E-state index in [1.54, 1.807) is 0 Å². The van der Waals surface area contributed by atoms with Crippen molar-refractivity contribution in [2.75, 3.05) is 6.61 Å². The van der Waals surface area contributed by atoms with Gasteiger partial charge in [0, 0.05) is 0 Å². The Morgan fingerprint density at radius 1 is 1.86 bits per heavy atom. The minimum atomic E-state index is -1.07. The predicted molar refractivity (Wildman–Crippen MR) is 22.7 cm³/mol. The van der Waals surface area contributed by atoms with E-state index in [9.17, 15) is 9.70 Å². The Morgan fingerprint density at radius 2 is 2.43 bits per heavy atom. The number of aldehydes is 1. The summed E-state index contributed by atoms with van der Waals surface area (Å²) < 4.78 is 0. The summed E-state index contributed by atoms with van der Waals surface area (Å²) in [6.07, 6.45) is 0.299. The normalized spacial score (nSPS) is 12.7. The van der Waals surface area contributed by atoms with Crippen molar-refractivity contribution < 1.29 is 9.90 Å². The molecule has 7 heavy (non-hydrogen) atoms. The largest absolute Gasteiger partial charge is 0.394 e. The van der Waals surface area contributed by atoms with Gasteiger partial charge in [-0.1, -0.05) is 5.18 Å². The van der Waals surface area contributed by atoms with Crippen LogP contribution in [-0.4, -0.2) is 24.0 Å². The molecular formula is C3H5NO3. The van der Waals surface area contributed by atoms with Crippen LogP contribution in [-0.2, 0) is 4.79 Å². The maximum atomic E-state index is 9.51. The van der Waals surface area contributed by atoms with Gasteiger partial charge in [-0.15, -0.1) is 4.91 Å². The molecule has 1 N–H and O–H groups in total. The number of carbonyl (C=O) groups excluding carboxylic acids is 1. The first-order valence-corrected chi connectivity index (χ1v) is 1.73. The minimum Gasteiger partial charge on any atom is -0.394 e. The summed E-state index contributed by atoms with van der Waals surface area (Å²) in [5.74, 6) is 0. The van der Waals surface area contributed by atoms with Crippen molar-refractivity contribution in [3.8, 4) is 0 Å². The van der Waals surface area contributed by atoms with Gasteiger partial charge >= 0.3 is 0 Å². The van der Waals surface area contributed by atoms with Crippen LogP contribution < -0.4 is 0 Å². The monoisotopic (exact) mass is 103 g/mol. The molecular weight excluding hydrogens is 98.0 g/mol. The molecule has 0 radical (unpaired) electrons. The van der Waals surface area contributed by atoms with Gasteiger partial charge in [-0.2, -0.15) is 0 Å². The summed E-state index contributed by atoms with van der Waals surface area (Å²) in [7, 11) is 0. The van der Waals surface area contributed by atoms with E-state index in [1.807, 2.05) is 0 Å². The van der Waals surface area contributed by atoms with Crippen molar-refractivity contribution in [1.29, 1.82) is 0 Å². The van der Waals surface area contributed by atoms with Gasteiger partial charge in [-0.05, 0) is 0 Å². The molecule has 0 rings (SSSR count). The first kappa shape index (κ1) is 6.23. The highest BCUT2D eigenvalue weighted by Crippen LogP contribution is 1.78. The van der Waals surface area contributed by atoms with E-state index in [0.717, 1.165) is 0 Å². The third-order valence-corrected chi connectivity index (χ3v) is 0.480. The van der Waals surface area contributed by atoms with Crippen LogP contribution in [0.25, 0.3) is 0 Å². The van der Waals surface area contributed by atoms with Gasteiger partial charge in [0.15, 0.2) is 12.3 Å². The van der Waals surface area contributed by atoms with Crippen LogP contribution >= 0.6 is 0 Å². The summed E-state index contributed by atoms with van der Waals surface area (Å²) >= 11 is 0. The van der Waals surface area contributed by atoms with Crippen LogP contribution in [0.2, 0.25) is 0 Å². The maximum absolute atomic E-state index is 9.51. The number of hydrogen-bond donors (Lipinski definition) is 1. The fourth-order valence-corrected chi connectivity index (χ4v) is 0.101. The van der Waals surface area contributed by atoms with Crippen molar-refractivity contribution >= 4 is 6.29 Å². The second-order valence-electron chi connectivity index (χ2n) is 0.991. The van der Waals surface area contributed by atoms with Crippen molar-refractivity contribution in [2.45, 2.75) is 6.04 Å². The van der Waals surface area contributed by atoms with Gasteiger partial charge in [-0.3, -0.25) is 0 Å². The number of carbonyl (C=O) groups is 1. The fraction of sp³-hybridized carbons (Fsp3) is 0.667. The third-order valence-electron chi connectivity index (χ3n) is 0.480. The zero-order chi connectivity index (χ0) is 5.70. The molecule has 1 atom stereocenters. The molecule has 4 nitrogen and oxygen atoms in total. The molecule has 0 saturated carbocycles. The standard InChI is InChI=1S/C3H5NO3/c5-1-3(2-6)4-7/h1,3,6H,2H2/t3-/m1/s1. The topological polar surface area (TPSA) is 66.7 Å². The van der Waals surface area contributed by atoms with E-state index < -0.39 is 12.6 Å². The van der Waals surface area contributed by atoms with Crippen LogP contribution in [0.1, 0.15) is 0 Å². The molecule has 0 aromatic rings. The Labute approximate surface area is 40.1 Å². The number of nitrogens with zero attached hydrogens (tertiary/aromatic N) is 1. The molecule has 40 valence electrons. The highest BCUT2D eigenvalue weighted by molar-refractivity contribution is 5.57. The van der Waals surface area contributed by atoms with E-state index in [4.69, 9.17) is 5.11 Å². The van der Waals surface area contributed by atoms with Crippen LogP contribution in [0.4, 0.5) is 0 Å². The SMILES string of the molecule is O=C[C@H](CO)N=O. The molecule has 0 amide bonds. The number of nitroso groups, excluding NO2 is 1. The Kier molecular flexibility index (Phi) is 3.04. The number of aliphatic hydroxyl groups is 1. The van der Waals surface area contributed by atoms with Gasteiger partial charge in [0.05, 0.1) is 6.61 Å². The Morgan fingerprint density at radius 3 is 2.43 bits per heavy atom.